The highest BCUT2D eigenvalue weighted by Crippen LogP contribution is 2.57. The zero-order valence-corrected chi connectivity index (χ0v) is 28.7. The Kier molecular flexibility index (Phi) is 9.34. The summed E-state index contributed by atoms with van der Waals surface area (Å²) in [7, 11) is 0. The first kappa shape index (κ1) is 32.4. The summed E-state index contributed by atoms with van der Waals surface area (Å²) in [6, 6.07) is 45.7. The Bertz CT molecular complexity index is 1940. The predicted molar refractivity (Wildman–Crippen MR) is 204 cm³/mol. The second-order valence-corrected chi connectivity index (χ2v) is 13.6. The molecule has 1 unspecified atom stereocenters. The first-order chi connectivity index (χ1) is 23.9. The van der Waals surface area contributed by atoms with Crippen LogP contribution in [0.2, 0.25) is 0 Å². The molecule has 0 bridgehead atoms. The van der Waals surface area contributed by atoms with Crippen molar-refractivity contribution in [1.82, 2.24) is 0 Å². The fraction of sp³-hybridized carbons (Fsp3) is 0.200. The maximum absolute atomic E-state index is 5.71. The minimum atomic E-state index is 0.250. The van der Waals surface area contributed by atoms with E-state index in [1.165, 1.54) is 34.5 Å². The molecule has 0 radical (unpaired) electrons. The van der Waals surface area contributed by atoms with Crippen LogP contribution in [0, 0.1) is 18.3 Å². The molecule has 0 aromatic heterocycles. The van der Waals surface area contributed by atoms with Gasteiger partial charge in [-0.3, -0.25) is 0 Å². The summed E-state index contributed by atoms with van der Waals surface area (Å²) in [5.74, 6) is 0.625. The Hall–Kier alpha value is -5.16. The van der Waals surface area contributed by atoms with E-state index in [-0.39, 0.29) is 6.79 Å². The van der Waals surface area contributed by atoms with Crippen molar-refractivity contribution >= 4 is 28.4 Å². The zero-order chi connectivity index (χ0) is 33.8. The van der Waals surface area contributed by atoms with Gasteiger partial charge in [-0.15, -0.1) is 0 Å². The third-order valence-electron chi connectivity index (χ3n) is 9.48. The minimum Gasteiger partial charge on any atom is -0.351 e. The van der Waals surface area contributed by atoms with Crippen molar-refractivity contribution in [2.45, 2.75) is 33.8 Å². The van der Waals surface area contributed by atoms with Crippen LogP contribution < -0.4 is 9.80 Å². The maximum Gasteiger partial charge on any atom is 0.147 e. The van der Waals surface area contributed by atoms with Crippen molar-refractivity contribution in [3.05, 3.63) is 175 Å². The summed E-state index contributed by atoms with van der Waals surface area (Å²) >= 11 is 0. The Labute approximate surface area is 291 Å². The largest absolute Gasteiger partial charge is 0.351 e. The van der Waals surface area contributed by atoms with Crippen LogP contribution >= 0.6 is 0 Å². The van der Waals surface area contributed by atoms with Crippen molar-refractivity contribution < 1.29 is 9.47 Å². The highest BCUT2D eigenvalue weighted by Gasteiger charge is 2.48. The maximum atomic E-state index is 5.71. The molecule has 0 aliphatic heterocycles. The number of ether oxygens (including phenoxy) is 2. The van der Waals surface area contributed by atoms with Crippen LogP contribution in [0.4, 0.5) is 28.4 Å². The lowest BCUT2D eigenvalue weighted by molar-refractivity contribution is -0.0538. The Morgan fingerprint density at radius 3 is 1.80 bits per heavy atom. The lowest BCUT2D eigenvalue weighted by atomic mass is 9.99. The second-order valence-electron chi connectivity index (χ2n) is 13.6. The molecule has 0 saturated heterocycles. The molecule has 2 aliphatic carbocycles. The lowest BCUT2D eigenvalue weighted by Gasteiger charge is -2.28. The Balaban J connectivity index is 1.11. The fourth-order valence-corrected chi connectivity index (χ4v) is 6.49. The molecule has 246 valence electrons. The van der Waals surface area contributed by atoms with Gasteiger partial charge in [0.15, 0.2) is 0 Å². The van der Waals surface area contributed by atoms with E-state index >= 15 is 0 Å². The van der Waals surface area contributed by atoms with Gasteiger partial charge in [0.25, 0.3) is 0 Å². The van der Waals surface area contributed by atoms with Gasteiger partial charge in [-0.05, 0) is 115 Å². The van der Waals surface area contributed by atoms with Crippen LogP contribution in [-0.4, -0.2) is 13.4 Å². The molecule has 4 nitrogen and oxygen atoms in total. The molecule has 5 aromatic carbocycles. The summed E-state index contributed by atoms with van der Waals surface area (Å²) < 4.78 is 11.2. The summed E-state index contributed by atoms with van der Waals surface area (Å²) in [5.41, 5.74) is 12.9. The predicted octanol–water partition coefficient (Wildman–Crippen LogP) is 11.8. The number of anilines is 5. The van der Waals surface area contributed by atoms with Crippen LogP contribution in [0.3, 0.4) is 0 Å². The number of benzene rings is 5. The normalized spacial score (nSPS) is 17.6. The summed E-state index contributed by atoms with van der Waals surface area (Å²) in [6.45, 7) is 11.5. The Morgan fingerprint density at radius 1 is 0.694 bits per heavy atom. The number of nitrogens with zero attached hydrogens (tertiary/aromatic N) is 2. The molecule has 0 heterocycles. The SMILES string of the molecule is C=C(C)COCOCc1ccc(N(c2ccc(C)cc2)c2ccc(-c3ccc(N(C4=C[C@@H]5CC5(C)C=C4)c4ccccc4)cc3)cc2)cc1. The molecule has 49 heavy (non-hydrogen) atoms. The minimum absolute atomic E-state index is 0.250. The highest BCUT2D eigenvalue weighted by molar-refractivity contribution is 5.79. The van der Waals surface area contributed by atoms with Gasteiger partial charge in [0.2, 0.25) is 0 Å². The first-order valence-electron chi connectivity index (χ1n) is 17.1. The molecular weight excluding hydrogens is 601 g/mol. The van der Waals surface area contributed by atoms with Gasteiger partial charge < -0.3 is 19.3 Å². The fourth-order valence-electron chi connectivity index (χ4n) is 6.49. The second kappa shape index (κ2) is 14.1. The standard InChI is InChI=1S/C45H44N2O2/c1-33(2)30-48-32-49-31-35-12-20-41(21-13-35)46(40-18-10-34(3)11-19-40)42-22-14-36(15-23-42)37-16-24-43(25-17-37)47(39-8-6-5-7-9-39)44-26-27-45(4)29-38(45)28-44/h5-28,38H,1,29-32H2,2-4H3/t38-,45?/m1/s1. The number of allylic oxidation sites excluding steroid dienone is 3. The van der Waals surface area contributed by atoms with Crippen LogP contribution in [-0.2, 0) is 16.1 Å². The van der Waals surface area contributed by atoms with E-state index in [4.69, 9.17) is 9.47 Å². The van der Waals surface area contributed by atoms with Crippen LogP contribution in [0.5, 0.6) is 0 Å². The molecule has 2 aliphatic rings. The number of fused-ring (bicyclic) bond motifs is 1. The van der Waals surface area contributed by atoms with Crippen molar-refractivity contribution in [3.63, 3.8) is 0 Å². The van der Waals surface area contributed by atoms with Gasteiger partial charge in [0, 0.05) is 34.1 Å². The van der Waals surface area contributed by atoms with Crippen molar-refractivity contribution in [1.29, 1.82) is 0 Å². The lowest BCUT2D eigenvalue weighted by Crippen LogP contribution is -2.17. The molecule has 1 fully saturated rings. The van der Waals surface area contributed by atoms with Gasteiger partial charge in [0.05, 0.1) is 13.2 Å². The van der Waals surface area contributed by atoms with Gasteiger partial charge in [0.1, 0.15) is 6.79 Å². The average molecular weight is 645 g/mol. The van der Waals surface area contributed by atoms with Gasteiger partial charge >= 0.3 is 0 Å². The van der Waals surface area contributed by atoms with E-state index < -0.39 is 0 Å². The summed E-state index contributed by atoms with van der Waals surface area (Å²) in [4.78, 5) is 4.66. The third-order valence-corrected chi connectivity index (χ3v) is 9.48. The van der Waals surface area contributed by atoms with Crippen molar-refractivity contribution in [2.75, 3.05) is 23.2 Å². The number of para-hydroxylation sites is 1. The molecular formula is C45H44N2O2. The van der Waals surface area contributed by atoms with Gasteiger partial charge in [-0.2, -0.15) is 0 Å². The highest BCUT2D eigenvalue weighted by atomic mass is 16.7. The molecule has 0 spiro atoms. The quantitative estimate of drug-likeness (QED) is 0.0723. The molecule has 1 saturated carbocycles. The first-order valence-corrected chi connectivity index (χ1v) is 17.1. The number of hydrogen-bond donors (Lipinski definition) is 0. The van der Waals surface area contributed by atoms with E-state index in [9.17, 15) is 0 Å². The van der Waals surface area contributed by atoms with Gasteiger partial charge in [-0.1, -0.05) is 104 Å². The molecule has 7 rings (SSSR count). The summed E-state index contributed by atoms with van der Waals surface area (Å²) in [5, 5.41) is 0. The molecule has 0 N–H and O–H groups in total. The van der Waals surface area contributed by atoms with E-state index in [1.54, 1.807) is 0 Å². The van der Waals surface area contributed by atoms with Crippen molar-refractivity contribution in [2.24, 2.45) is 11.3 Å². The van der Waals surface area contributed by atoms with Crippen LogP contribution in [0.25, 0.3) is 11.1 Å². The zero-order valence-electron chi connectivity index (χ0n) is 28.7. The molecule has 5 aromatic rings. The number of aryl methyl sites for hydroxylation is 1. The van der Waals surface area contributed by atoms with E-state index in [2.05, 4.69) is 176 Å². The number of rotatable bonds is 13. The number of hydrogen-bond acceptors (Lipinski definition) is 4. The third kappa shape index (κ3) is 7.46. The van der Waals surface area contributed by atoms with Gasteiger partial charge in [-0.25, -0.2) is 0 Å². The molecule has 2 atom stereocenters. The monoisotopic (exact) mass is 644 g/mol. The van der Waals surface area contributed by atoms with Crippen molar-refractivity contribution in [3.8, 4) is 11.1 Å². The smallest absolute Gasteiger partial charge is 0.147 e. The topological polar surface area (TPSA) is 24.9 Å². The van der Waals surface area contributed by atoms with E-state index in [0.29, 0.717) is 24.5 Å². The molecule has 4 heteroatoms. The van der Waals surface area contributed by atoms with Crippen LogP contribution in [0.1, 0.15) is 31.4 Å². The summed E-state index contributed by atoms with van der Waals surface area (Å²) in [6.07, 6.45) is 8.37. The molecule has 0 amide bonds. The van der Waals surface area contributed by atoms with E-state index in [0.717, 1.165) is 33.9 Å². The van der Waals surface area contributed by atoms with Crippen LogP contribution in [0.15, 0.2) is 163 Å². The average Bonchev–Trinajstić information content (AvgIpc) is 3.81. The Morgan fingerprint density at radius 2 is 1.22 bits per heavy atom. The van der Waals surface area contributed by atoms with E-state index in [1.807, 2.05) is 6.92 Å².